The minimum Gasteiger partial charge on any atom is -0.486 e. The van der Waals surface area contributed by atoms with Crippen molar-refractivity contribution in [3.63, 3.8) is 0 Å². The van der Waals surface area contributed by atoms with Crippen LogP contribution in [0.2, 0.25) is 0 Å². The van der Waals surface area contributed by atoms with Crippen LogP contribution in [0.3, 0.4) is 0 Å². The Kier molecular flexibility index (Phi) is 4.87. The van der Waals surface area contributed by atoms with E-state index in [4.69, 9.17) is 14.6 Å². The highest BCUT2D eigenvalue weighted by Gasteiger charge is 2.11. The smallest absolute Gasteiger partial charge is 0.335 e. The maximum absolute atomic E-state index is 11.1. The quantitative estimate of drug-likeness (QED) is 0.528. The number of imidazole rings is 1. The fourth-order valence-corrected chi connectivity index (χ4v) is 3.00. The minimum absolute atomic E-state index is 0.181. The van der Waals surface area contributed by atoms with Gasteiger partial charge in [-0.05, 0) is 43.3 Å². The monoisotopic (exact) mass is 389 g/mol. The standard InChI is InChI=1S/C22H19N3O4/c1-14-10-18(8-9-23-14)29-17-6-7-19-20(12-17)25(2)21(24-19)13-28-16-5-3-4-15(11-16)22(26)27/h3-12H,13H2,1-2H3,(H,26,27). The van der Waals surface area contributed by atoms with E-state index in [1.165, 1.54) is 12.1 Å². The van der Waals surface area contributed by atoms with Crippen LogP contribution < -0.4 is 9.47 Å². The van der Waals surface area contributed by atoms with Crippen molar-refractivity contribution in [2.45, 2.75) is 13.5 Å². The highest BCUT2D eigenvalue weighted by molar-refractivity contribution is 5.88. The van der Waals surface area contributed by atoms with Gasteiger partial charge in [0.05, 0.1) is 16.6 Å². The number of nitrogens with zero attached hydrogens (tertiary/aromatic N) is 3. The average Bonchev–Trinajstić information content (AvgIpc) is 3.02. The van der Waals surface area contributed by atoms with E-state index in [1.807, 2.05) is 48.9 Å². The molecule has 4 aromatic rings. The van der Waals surface area contributed by atoms with Gasteiger partial charge < -0.3 is 19.1 Å². The molecule has 0 bridgehead atoms. The van der Waals surface area contributed by atoms with Crippen LogP contribution in [0.25, 0.3) is 11.0 Å². The number of rotatable bonds is 6. The van der Waals surface area contributed by atoms with E-state index >= 15 is 0 Å². The number of carbonyl (C=O) groups is 1. The number of aromatic carboxylic acids is 1. The van der Waals surface area contributed by atoms with E-state index in [2.05, 4.69) is 9.97 Å². The summed E-state index contributed by atoms with van der Waals surface area (Å²) in [5, 5.41) is 9.09. The van der Waals surface area contributed by atoms with Gasteiger partial charge in [0.15, 0.2) is 0 Å². The fraction of sp³-hybridized carbons (Fsp3) is 0.136. The number of pyridine rings is 1. The normalized spacial score (nSPS) is 10.8. The summed E-state index contributed by atoms with van der Waals surface area (Å²) >= 11 is 0. The summed E-state index contributed by atoms with van der Waals surface area (Å²) in [6.45, 7) is 2.13. The molecular formula is C22H19N3O4. The molecule has 146 valence electrons. The Bertz CT molecular complexity index is 1200. The largest absolute Gasteiger partial charge is 0.486 e. The van der Waals surface area contributed by atoms with Crippen LogP contribution in [0, 0.1) is 6.92 Å². The Labute approximate surface area is 167 Å². The molecule has 7 heteroatoms. The van der Waals surface area contributed by atoms with Crippen LogP contribution >= 0.6 is 0 Å². The molecule has 0 atom stereocenters. The Morgan fingerprint density at radius 2 is 1.90 bits per heavy atom. The summed E-state index contributed by atoms with van der Waals surface area (Å²) in [6, 6.07) is 15.8. The fourth-order valence-electron chi connectivity index (χ4n) is 3.00. The van der Waals surface area contributed by atoms with Crippen LogP contribution in [-0.4, -0.2) is 25.6 Å². The van der Waals surface area contributed by atoms with Gasteiger partial charge in [-0.1, -0.05) is 6.07 Å². The molecule has 2 aromatic heterocycles. The molecule has 4 rings (SSSR count). The molecule has 0 aliphatic carbocycles. The van der Waals surface area contributed by atoms with Crippen molar-refractivity contribution in [1.82, 2.24) is 14.5 Å². The first-order valence-electron chi connectivity index (χ1n) is 9.01. The SMILES string of the molecule is Cc1cc(Oc2ccc3nc(COc4cccc(C(=O)O)c4)n(C)c3c2)ccn1. The van der Waals surface area contributed by atoms with E-state index in [1.54, 1.807) is 18.3 Å². The molecule has 0 aliphatic heterocycles. The highest BCUT2D eigenvalue weighted by Crippen LogP contribution is 2.26. The molecule has 0 radical (unpaired) electrons. The maximum atomic E-state index is 11.1. The zero-order valence-electron chi connectivity index (χ0n) is 16.0. The van der Waals surface area contributed by atoms with Crippen LogP contribution in [0.15, 0.2) is 60.8 Å². The molecule has 1 N–H and O–H groups in total. The molecule has 0 saturated heterocycles. The topological polar surface area (TPSA) is 86.5 Å². The number of ether oxygens (including phenoxy) is 2. The first-order chi connectivity index (χ1) is 14.0. The lowest BCUT2D eigenvalue weighted by Gasteiger charge is -2.08. The van der Waals surface area contributed by atoms with Gasteiger partial charge in [-0.25, -0.2) is 9.78 Å². The molecule has 0 saturated carbocycles. The molecule has 0 spiro atoms. The number of fused-ring (bicyclic) bond motifs is 1. The second-order valence-corrected chi connectivity index (χ2v) is 6.59. The Morgan fingerprint density at radius 1 is 1.07 bits per heavy atom. The van der Waals surface area contributed by atoms with Crippen LogP contribution in [0.4, 0.5) is 0 Å². The van der Waals surface area contributed by atoms with Gasteiger partial charge in [0.1, 0.15) is 29.7 Å². The van der Waals surface area contributed by atoms with Crippen molar-refractivity contribution in [1.29, 1.82) is 0 Å². The molecule has 2 aromatic carbocycles. The summed E-state index contributed by atoms with van der Waals surface area (Å²) in [4.78, 5) is 19.9. The number of benzene rings is 2. The number of aryl methyl sites for hydroxylation is 2. The zero-order valence-corrected chi connectivity index (χ0v) is 16.0. The van der Waals surface area contributed by atoms with Crippen molar-refractivity contribution in [3.05, 3.63) is 77.9 Å². The number of carboxylic acids is 1. The molecule has 29 heavy (non-hydrogen) atoms. The number of aromatic nitrogens is 3. The number of hydrogen-bond acceptors (Lipinski definition) is 5. The van der Waals surface area contributed by atoms with Gasteiger partial charge >= 0.3 is 5.97 Å². The van der Waals surface area contributed by atoms with E-state index in [-0.39, 0.29) is 12.2 Å². The van der Waals surface area contributed by atoms with Crippen LogP contribution in [0.5, 0.6) is 17.2 Å². The molecule has 7 nitrogen and oxygen atoms in total. The van der Waals surface area contributed by atoms with Gasteiger partial charge in [-0.3, -0.25) is 4.98 Å². The molecule has 0 aliphatic rings. The Morgan fingerprint density at radius 3 is 2.69 bits per heavy atom. The zero-order chi connectivity index (χ0) is 20.4. The summed E-state index contributed by atoms with van der Waals surface area (Å²) in [5.41, 5.74) is 2.80. The summed E-state index contributed by atoms with van der Waals surface area (Å²) in [5.74, 6) is 1.63. The van der Waals surface area contributed by atoms with Crippen molar-refractivity contribution >= 4 is 17.0 Å². The third-order valence-corrected chi connectivity index (χ3v) is 4.50. The predicted octanol–water partition coefficient (Wildman–Crippen LogP) is 4.35. The Hall–Kier alpha value is -3.87. The third kappa shape index (κ3) is 4.03. The summed E-state index contributed by atoms with van der Waals surface area (Å²) in [6.07, 6.45) is 1.71. The lowest BCUT2D eigenvalue weighted by atomic mass is 10.2. The van der Waals surface area contributed by atoms with E-state index in [9.17, 15) is 4.79 Å². The minimum atomic E-state index is -0.991. The average molecular weight is 389 g/mol. The lowest BCUT2D eigenvalue weighted by molar-refractivity contribution is 0.0696. The van der Waals surface area contributed by atoms with E-state index in [0.717, 1.165) is 28.3 Å². The highest BCUT2D eigenvalue weighted by atomic mass is 16.5. The van der Waals surface area contributed by atoms with Gasteiger partial charge in [0, 0.05) is 31.1 Å². The molecule has 0 fully saturated rings. The van der Waals surface area contributed by atoms with Gasteiger partial charge in [0.2, 0.25) is 0 Å². The Balaban J connectivity index is 1.54. The third-order valence-electron chi connectivity index (χ3n) is 4.50. The van der Waals surface area contributed by atoms with Crippen molar-refractivity contribution < 1.29 is 19.4 Å². The second-order valence-electron chi connectivity index (χ2n) is 6.59. The summed E-state index contributed by atoms with van der Waals surface area (Å²) < 4.78 is 13.6. The summed E-state index contributed by atoms with van der Waals surface area (Å²) in [7, 11) is 1.90. The van der Waals surface area contributed by atoms with Gasteiger partial charge in [-0.15, -0.1) is 0 Å². The van der Waals surface area contributed by atoms with E-state index in [0.29, 0.717) is 11.5 Å². The number of carboxylic acid groups (broad SMARTS) is 1. The molecule has 0 amide bonds. The maximum Gasteiger partial charge on any atom is 0.335 e. The lowest BCUT2D eigenvalue weighted by Crippen LogP contribution is -2.04. The first kappa shape index (κ1) is 18.5. The molecule has 2 heterocycles. The van der Waals surface area contributed by atoms with Gasteiger partial charge in [-0.2, -0.15) is 0 Å². The predicted molar refractivity (Wildman–Crippen MR) is 107 cm³/mol. The van der Waals surface area contributed by atoms with Crippen molar-refractivity contribution in [2.75, 3.05) is 0 Å². The molecule has 0 unspecified atom stereocenters. The van der Waals surface area contributed by atoms with Crippen LogP contribution in [-0.2, 0) is 13.7 Å². The van der Waals surface area contributed by atoms with Crippen molar-refractivity contribution in [3.8, 4) is 17.2 Å². The van der Waals surface area contributed by atoms with Gasteiger partial charge in [0.25, 0.3) is 0 Å². The van der Waals surface area contributed by atoms with E-state index < -0.39 is 5.97 Å². The second kappa shape index (κ2) is 7.63. The first-order valence-corrected chi connectivity index (χ1v) is 9.01. The number of hydrogen-bond donors (Lipinski definition) is 1. The van der Waals surface area contributed by atoms with Crippen LogP contribution in [0.1, 0.15) is 21.9 Å². The van der Waals surface area contributed by atoms with Crippen molar-refractivity contribution in [2.24, 2.45) is 7.05 Å². The molecular weight excluding hydrogens is 370 g/mol.